The molecule has 2 heterocycles. The minimum atomic E-state index is -0.614. The number of carbonyl (C=O) groups excluding carboxylic acids is 2. The van der Waals surface area contributed by atoms with E-state index in [-0.39, 0.29) is 11.5 Å². The standard InChI is InChI=1S/C12H14N4O3S/c1-7(17)10-9(11(18)19-3)14-12(20-10)13-6-8-4-5-16(2)15-8/h4-5H,6H2,1-3H3,(H,13,14). The zero-order chi connectivity index (χ0) is 14.7. The van der Waals surface area contributed by atoms with Crippen molar-refractivity contribution in [2.24, 2.45) is 7.05 Å². The van der Waals surface area contributed by atoms with Gasteiger partial charge in [-0.3, -0.25) is 9.48 Å². The molecule has 0 aliphatic rings. The number of methoxy groups -OCH3 is 1. The number of anilines is 1. The number of thiazole rings is 1. The van der Waals surface area contributed by atoms with E-state index in [0.717, 1.165) is 17.0 Å². The minimum Gasteiger partial charge on any atom is -0.464 e. The van der Waals surface area contributed by atoms with Crippen LogP contribution in [0.15, 0.2) is 12.3 Å². The quantitative estimate of drug-likeness (QED) is 0.664. The number of ketones is 1. The van der Waals surface area contributed by atoms with E-state index < -0.39 is 5.97 Å². The van der Waals surface area contributed by atoms with Crippen LogP contribution in [-0.4, -0.2) is 33.6 Å². The summed E-state index contributed by atoms with van der Waals surface area (Å²) in [5.74, 6) is -0.828. The number of rotatable bonds is 5. The third-order valence-electron chi connectivity index (χ3n) is 2.52. The highest BCUT2D eigenvalue weighted by Gasteiger charge is 2.21. The van der Waals surface area contributed by atoms with Gasteiger partial charge in [0.25, 0.3) is 0 Å². The molecule has 8 heteroatoms. The van der Waals surface area contributed by atoms with Crippen molar-refractivity contribution in [3.8, 4) is 0 Å². The summed E-state index contributed by atoms with van der Waals surface area (Å²) in [5.41, 5.74) is 0.889. The van der Waals surface area contributed by atoms with E-state index in [1.807, 2.05) is 19.3 Å². The van der Waals surface area contributed by atoms with Crippen LogP contribution in [0.2, 0.25) is 0 Å². The molecule has 1 N–H and O–H groups in total. The fourth-order valence-corrected chi connectivity index (χ4v) is 2.44. The fourth-order valence-electron chi connectivity index (χ4n) is 1.59. The summed E-state index contributed by atoms with van der Waals surface area (Å²) >= 11 is 1.13. The van der Waals surface area contributed by atoms with Crippen LogP contribution in [0.5, 0.6) is 0 Å². The molecular weight excluding hydrogens is 280 g/mol. The van der Waals surface area contributed by atoms with Crippen molar-refractivity contribution < 1.29 is 14.3 Å². The largest absolute Gasteiger partial charge is 0.464 e. The van der Waals surface area contributed by atoms with Gasteiger partial charge in [-0.15, -0.1) is 0 Å². The Morgan fingerprint density at radius 2 is 2.25 bits per heavy atom. The van der Waals surface area contributed by atoms with Crippen molar-refractivity contribution in [2.45, 2.75) is 13.5 Å². The normalized spacial score (nSPS) is 10.3. The van der Waals surface area contributed by atoms with E-state index in [4.69, 9.17) is 0 Å². The monoisotopic (exact) mass is 294 g/mol. The molecule has 0 bridgehead atoms. The van der Waals surface area contributed by atoms with Gasteiger partial charge in [-0.1, -0.05) is 11.3 Å². The number of nitrogens with zero attached hydrogens (tertiary/aromatic N) is 3. The maximum Gasteiger partial charge on any atom is 0.358 e. The first-order chi connectivity index (χ1) is 9.51. The van der Waals surface area contributed by atoms with Crippen LogP contribution < -0.4 is 5.32 Å². The highest BCUT2D eigenvalue weighted by Crippen LogP contribution is 2.24. The molecule has 0 saturated carbocycles. The summed E-state index contributed by atoms with van der Waals surface area (Å²) < 4.78 is 6.31. The van der Waals surface area contributed by atoms with Gasteiger partial charge < -0.3 is 10.1 Å². The Bertz CT molecular complexity index is 647. The van der Waals surface area contributed by atoms with Crippen molar-refractivity contribution in [2.75, 3.05) is 12.4 Å². The van der Waals surface area contributed by atoms with Gasteiger partial charge in [0.05, 0.1) is 19.3 Å². The predicted octanol–water partition coefficient (Wildman–Crippen LogP) is 1.48. The van der Waals surface area contributed by atoms with Crippen molar-refractivity contribution in [1.82, 2.24) is 14.8 Å². The molecule has 0 spiro atoms. The number of hydrogen-bond donors (Lipinski definition) is 1. The van der Waals surface area contributed by atoms with Gasteiger partial charge in [0.15, 0.2) is 16.6 Å². The highest BCUT2D eigenvalue weighted by atomic mass is 32.1. The van der Waals surface area contributed by atoms with Crippen LogP contribution in [0.3, 0.4) is 0 Å². The van der Waals surface area contributed by atoms with Gasteiger partial charge >= 0.3 is 5.97 Å². The lowest BCUT2D eigenvalue weighted by Gasteiger charge is -1.98. The van der Waals surface area contributed by atoms with Gasteiger partial charge in [0.1, 0.15) is 4.88 Å². The van der Waals surface area contributed by atoms with Crippen molar-refractivity contribution >= 4 is 28.2 Å². The predicted molar refractivity (Wildman–Crippen MR) is 74.0 cm³/mol. The van der Waals surface area contributed by atoms with Crippen molar-refractivity contribution in [3.05, 3.63) is 28.5 Å². The lowest BCUT2D eigenvalue weighted by Crippen LogP contribution is -2.07. The lowest BCUT2D eigenvalue weighted by molar-refractivity contribution is 0.0591. The maximum absolute atomic E-state index is 11.6. The Kier molecular flexibility index (Phi) is 4.14. The van der Waals surface area contributed by atoms with Crippen LogP contribution in [0, 0.1) is 0 Å². The molecule has 2 aromatic rings. The van der Waals surface area contributed by atoms with Crippen LogP contribution in [0.1, 0.15) is 32.8 Å². The number of nitrogens with one attached hydrogen (secondary N) is 1. The maximum atomic E-state index is 11.6. The Labute approximate surface area is 119 Å². The van der Waals surface area contributed by atoms with E-state index in [2.05, 4.69) is 20.1 Å². The molecule has 0 atom stereocenters. The second kappa shape index (κ2) is 5.83. The second-order valence-electron chi connectivity index (χ2n) is 4.08. The number of esters is 1. The Hall–Kier alpha value is -2.22. The van der Waals surface area contributed by atoms with Gasteiger partial charge in [-0.05, 0) is 6.07 Å². The summed E-state index contributed by atoms with van der Waals surface area (Å²) in [6.07, 6.45) is 1.83. The van der Waals surface area contributed by atoms with E-state index >= 15 is 0 Å². The van der Waals surface area contributed by atoms with Gasteiger partial charge in [-0.25, -0.2) is 9.78 Å². The van der Waals surface area contributed by atoms with E-state index in [1.54, 1.807) is 4.68 Å². The SMILES string of the molecule is COC(=O)c1nc(NCc2ccn(C)n2)sc1C(C)=O. The molecule has 20 heavy (non-hydrogen) atoms. The smallest absolute Gasteiger partial charge is 0.358 e. The molecule has 0 amide bonds. The zero-order valence-corrected chi connectivity index (χ0v) is 12.2. The molecule has 2 rings (SSSR count). The average molecular weight is 294 g/mol. The molecule has 0 saturated heterocycles. The number of aryl methyl sites for hydroxylation is 1. The Balaban J connectivity index is 2.16. The lowest BCUT2D eigenvalue weighted by atomic mass is 10.3. The van der Waals surface area contributed by atoms with E-state index in [9.17, 15) is 9.59 Å². The van der Waals surface area contributed by atoms with Gasteiger partial charge in [0.2, 0.25) is 0 Å². The first kappa shape index (κ1) is 14.2. The number of Topliss-reactive ketones (excluding diaryl/α,β-unsaturated/α-hetero) is 1. The molecule has 0 aliphatic carbocycles. The summed E-state index contributed by atoms with van der Waals surface area (Å²) in [6, 6.07) is 1.87. The third kappa shape index (κ3) is 3.02. The van der Waals surface area contributed by atoms with E-state index in [1.165, 1.54) is 14.0 Å². The molecular formula is C12H14N4O3S. The van der Waals surface area contributed by atoms with Crippen molar-refractivity contribution in [3.63, 3.8) is 0 Å². The third-order valence-corrected chi connectivity index (χ3v) is 3.63. The first-order valence-corrected chi connectivity index (χ1v) is 6.65. The first-order valence-electron chi connectivity index (χ1n) is 5.83. The topological polar surface area (TPSA) is 86.1 Å². The highest BCUT2D eigenvalue weighted by molar-refractivity contribution is 7.17. The Morgan fingerprint density at radius 3 is 2.80 bits per heavy atom. The zero-order valence-electron chi connectivity index (χ0n) is 11.3. The van der Waals surface area contributed by atoms with E-state index in [0.29, 0.717) is 16.6 Å². The van der Waals surface area contributed by atoms with Gasteiger partial charge in [-0.2, -0.15) is 5.10 Å². The van der Waals surface area contributed by atoms with Crippen LogP contribution >= 0.6 is 11.3 Å². The average Bonchev–Trinajstić information content (AvgIpc) is 3.01. The molecule has 0 fully saturated rings. The fraction of sp³-hybridized carbons (Fsp3) is 0.333. The number of aromatic nitrogens is 3. The number of ether oxygens (including phenoxy) is 1. The van der Waals surface area contributed by atoms with Crippen LogP contribution in [-0.2, 0) is 18.3 Å². The second-order valence-corrected chi connectivity index (χ2v) is 5.08. The summed E-state index contributed by atoms with van der Waals surface area (Å²) in [6.45, 7) is 1.86. The molecule has 0 aromatic carbocycles. The number of carbonyl (C=O) groups is 2. The van der Waals surface area contributed by atoms with Crippen molar-refractivity contribution in [1.29, 1.82) is 0 Å². The molecule has 7 nitrogen and oxygen atoms in total. The van der Waals surface area contributed by atoms with Gasteiger partial charge in [0, 0.05) is 20.2 Å². The summed E-state index contributed by atoms with van der Waals surface area (Å²) in [4.78, 5) is 27.4. The molecule has 0 aliphatic heterocycles. The molecule has 106 valence electrons. The molecule has 2 aromatic heterocycles. The van der Waals surface area contributed by atoms with Crippen LogP contribution in [0.25, 0.3) is 0 Å². The Morgan fingerprint density at radius 1 is 1.50 bits per heavy atom. The summed E-state index contributed by atoms with van der Waals surface area (Å²) in [7, 11) is 3.09. The molecule has 0 radical (unpaired) electrons. The molecule has 0 unspecified atom stereocenters. The number of hydrogen-bond acceptors (Lipinski definition) is 7. The summed E-state index contributed by atoms with van der Waals surface area (Å²) in [5, 5.41) is 7.74. The minimum absolute atomic E-state index is 0.0496. The van der Waals surface area contributed by atoms with Crippen LogP contribution in [0.4, 0.5) is 5.13 Å².